The fraction of sp³-hybridized carbons (Fsp3) is 0.412. The molecular weight excluding hydrogens is 333 g/mol. The van der Waals surface area contributed by atoms with Crippen molar-refractivity contribution in [1.29, 1.82) is 0 Å². The lowest BCUT2D eigenvalue weighted by Crippen LogP contribution is -2.37. The van der Waals surface area contributed by atoms with E-state index in [-0.39, 0.29) is 6.10 Å². The largest absolute Gasteiger partial charge is 0.373 e. The maximum atomic E-state index is 6.03. The molecule has 0 unspecified atom stereocenters. The van der Waals surface area contributed by atoms with E-state index in [2.05, 4.69) is 14.9 Å². The second kappa shape index (κ2) is 7.47. The van der Waals surface area contributed by atoms with Crippen molar-refractivity contribution >= 4 is 29.0 Å². The fourth-order valence-electron chi connectivity index (χ4n) is 2.71. The Hall–Kier alpha value is -1.36. The van der Waals surface area contributed by atoms with Gasteiger partial charge in [-0.1, -0.05) is 29.3 Å². The van der Waals surface area contributed by atoms with Gasteiger partial charge in [0.1, 0.15) is 12.1 Å². The van der Waals surface area contributed by atoms with Crippen LogP contribution in [0.4, 0.5) is 5.82 Å². The van der Waals surface area contributed by atoms with Gasteiger partial charge >= 0.3 is 0 Å². The Morgan fingerprint density at radius 2 is 1.91 bits per heavy atom. The van der Waals surface area contributed by atoms with E-state index in [0.717, 1.165) is 43.0 Å². The van der Waals surface area contributed by atoms with Crippen LogP contribution in [0.3, 0.4) is 0 Å². The van der Waals surface area contributed by atoms with E-state index in [1.165, 1.54) is 0 Å². The zero-order chi connectivity index (χ0) is 16.2. The minimum atomic E-state index is 0.267. The number of hydrogen-bond acceptors (Lipinski definition) is 4. The lowest BCUT2D eigenvalue weighted by Gasteiger charge is -2.32. The third kappa shape index (κ3) is 4.34. The molecule has 1 aliphatic heterocycles. The van der Waals surface area contributed by atoms with Crippen molar-refractivity contribution in [3.63, 3.8) is 0 Å². The van der Waals surface area contributed by atoms with E-state index in [1.54, 1.807) is 6.33 Å². The molecule has 0 atom stereocenters. The summed E-state index contributed by atoms with van der Waals surface area (Å²) >= 11 is 12.0. The lowest BCUT2D eigenvalue weighted by atomic mass is 10.1. The lowest BCUT2D eigenvalue weighted by molar-refractivity contribution is 0.0250. The molecule has 0 aliphatic carbocycles. The maximum absolute atomic E-state index is 6.03. The molecule has 0 saturated carbocycles. The average Bonchev–Trinajstić information content (AvgIpc) is 2.56. The third-order valence-corrected chi connectivity index (χ3v) is 4.76. The van der Waals surface area contributed by atoms with Gasteiger partial charge in [-0.25, -0.2) is 9.97 Å². The van der Waals surface area contributed by atoms with Gasteiger partial charge < -0.3 is 9.64 Å². The van der Waals surface area contributed by atoms with Crippen LogP contribution in [0.2, 0.25) is 10.0 Å². The average molecular weight is 352 g/mol. The topological polar surface area (TPSA) is 38.2 Å². The van der Waals surface area contributed by atoms with Gasteiger partial charge in [0.25, 0.3) is 0 Å². The number of halogens is 2. The number of benzene rings is 1. The van der Waals surface area contributed by atoms with E-state index in [9.17, 15) is 0 Å². The van der Waals surface area contributed by atoms with Gasteiger partial charge in [-0.2, -0.15) is 0 Å². The summed E-state index contributed by atoms with van der Waals surface area (Å²) in [7, 11) is 0. The van der Waals surface area contributed by atoms with Crippen LogP contribution in [0.25, 0.3) is 0 Å². The summed E-state index contributed by atoms with van der Waals surface area (Å²) < 4.78 is 6.01. The van der Waals surface area contributed by atoms with Gasteiger partial charge in [0.15, 0.2) is 0 Å². The molecule has 1 aliphatic rings. The first kappa shape index (κ1) is 16.5. The Morgan fingerprint density at radius 1 is 1.13 bits per heavy atom. The van der Waals surface area contributed by atoms with Gasteiger partial charge in [0.2, 0.25) is 0 Å². The second-order valence-corrected chi connectivity index (χ2v) is 6.58. The van der Waals surface area contributed by atoms with Gasteiger partial charge in [-0.05, 0) is 37.5 Å². The summed E-state index contributed by atoms with van der Waals surface area (Å²) in [4.78, 5) is 10.8. The highest BCUT2D eigenvalue weighted by Gasteiger charge is 2.20. The number of nitrogens with zero attached hydrogens (tertiary/aromatic N) is 3. The molecule has 0 N–H and O–H groups in total. The van der Waals surface area contributed by atoms with Crippen LogP contribution >= 0.6 is 23.2 Å². The van der Waals surface area contributed by atoms with Gasteiger partial charge in [-0.15, -0.1) is 0 Å². The summed E-state index contributed by atoms with van der Waals surface area (Å²) in [5.74, 6) is 1.00. The minimum Gasteiger partial charge on any atom is -0.373 e. The van der Waals surface area contributed by atoms with Crippen LogP contribution in [0.15, 0.2) is 30.6 Å². The molecule has 2 heterocycles. The summed E-state index contributed by atoms with van der Waals surface area (Å²) in [5.41, 5.74) is 2.04. The first-order valence-electron chi connectivity index (χ1n) is 7.71. The van der Waals surface area contributed by atoms with Crippen LogP contribution in [-0.4, -0.2) is 29.2 Å². The Kier molecular flexibility index (Phi) is 5.36. The van der Waals surface area contributed by atoms with E-state index in [1.807, 2.05) is 31.2 Å². The summed E-state index contributed by atoms with van der Waals surface area (Å²) in [5, 5.41) is 1.14. The molecule has 23 heavy (non-hydrogen) atoms. The molecule has 1 aromatic carbocycles. The fourth-order valence-corrected chi connectivity index (χ4v) is 3.03. The van der Waals surface area contributed by atoms with Gasteiger partial charge in [0, 0.05) is 24.8 Å². The van der Waals surface area contributed by atoms with Crippen molar-refractivity contribution in [2.75, 3.05) is 18.0 Å². The molecule has 6 heteroatoms. The summed E-state index contributed by atoms with van der Waals surface area (Å²) in [6.07, 6.45) is 3.87. The number of piperidine rings is 1. The number of hydrogen-bond donors (Lipinski definition) is 0. The molecule has 0 radical (unpaired) electrons. The quantitative estimate of drug-likeness (QED) is 0.823. The van der Waals surface area contributed by atoms with Crippen LogP contribution in [-0.2, 0) is 11.3 Å². The van der Waals surface area contributed by atoms with Crippen LogP contribution < -0.4 is 4.90 Å². The molecular formula is C17H19Cl2N3O. The van der Waals surface area contributed by atoms with E-state index < -0.39 is 0 Å². The number of ether oxygens (including phenoxy) is 1. The van der Waals surface area contributed by atoms with E-state index in [4.69, 9.17) is 27.9 Å². The zero-order valence-electron chi connectivity index (χ0n) is 13.0. The van der Waals surface area contributed by atoms with Crippen LogP contribution in [0.5, 0.6) is 0 Å². The molecule has 3 rings (SSSR count). The van der Waals surface area contributed by atoms with Gasteiger partial charge in [-0.3, -0.25) is 0 Å². The molecule has 1 fully saturated rings. The highest BCUT2D eigenvalue weighted by Crippen LogP contribution is 2.24. The molecule has 2 aromatic rings. The highest BCUT2D eigenvalue weighted by atomic mass is 35.5. The number of aryl methyl sites for hydroxylation is 1. The van der Waals surface area contributed by atoms with Crippen molar-refractivity contribution in [2.45, 2.75) is 32.5 Å². The monoisotopic (exact) mass is 351 g/mol. The molecule has 1 saturated heterocycles. The van der Waals surface area contributed by atoms with Crippen molar-refractivity contribution in [3.05, 3.63) is 51.9 Å². The molecule has 122 valence electrons. The van der Waals surface area contributed by atoms with Crippen molar-refractivity contribution in [2.24, 2.45) is 0 Å². The van der Waals surface area contributed by atoms with Gasteiger partial charge in [0.05, 0.1) is 22.8 Å². The predicted octanol–water partition coefficient (Wildman–Crippen LogP) is 4.28. The Balaban J connectivity index is 1.50. The number of anilines is 1. The first-order valence-corrected chi connectivity index (χ1v) is 8.46. The third-order valence-electron chi connectivity index (χ3n) is 4.03. The second-order valence-electron chi connectivity index (χ2n) is 5.76. The van der Waals surface area contributed by atoms with Crippen LogP contribution in [0.1, 0.15) is 24.1 Å². The molecule has 0 bridgehead atoms. The predicted molar refractivity (Wildman–Crippen MR) is 93.3 cm³/mol. The summed E-state index contributed by atoms with van der Waals surface area (Å²) in [6, 6.07) is 7.65. The molecule has 0 amide bonds. The smallest absolute Gasteiger partial charge is 0.132 e. The van der Waals surface area contributed by atoms with Crippen LogP contribution in [0, 0.1) is 6.92 Å². The number of rotatable bonds is 4. The van der Waals surface area contributed by atoms with E-state index >= 15 is 0 Å². The number of aromatic nitrogens is 2. The zero-order valence-corrected chi connectivity index (χ0v) is 14.5. The van der Waals surface area contributed by atoms with Crippen molar-refractivity contribution < 1.29 is 4.74 Å². The van der Waals surface area contributed by atoms with Crippen molar-refractivity contribution in [1.82, 2.24) is 9.97 Å². The highest BCUT2D eigenvalue weighted by molar-refractivity contribution is 6.42. The molecule has 1 aromatic heterocycles. The minimum absolute atomic E-state index is 0.267. The first-order chi connectivity index (χ1) is 11.1. The summed E-state index contributed by atoms with van der Waals surface area (Å²) in [6.45, 7) is 4.44. The van der Waals surface area contributed by atoms with E-state index in [0.29, 0.717) is 16.7 Å². The Morgan fingerprint density at radius 3 is 2.61 bits per heavy atom. The normalized spacial score (nSPS) is 15.9. The Bertz CT molecular complexity index is 673. The Labute approximate surface area is 146 Å². The SMILES string of the molecule is Cc1cc(N2CCC(OCc3ccc(Cl)c(Cl)c3)CC2)ncn1. The maximum Gasteiger partial charge on any atom is 0.132 e. The van der Waals surface area contributed by atoms with Crippen molar-refractivity contribution in [3.8, 4) is 0 Å². The molecule has 0 spiro atoms. The molecule has 4 nitrogen and oxygen atoms in total. The standard InChI is InChI=1S/C17H19Cl2N3O/c1-12-8-17(21-11-20-12)22-6-4-14(5-7-22)23-10-13-2-3-15(18)16(19)9-13/h2-3,8-9,11,14H,4-7,10H2,1H3.